The van der Waals surface area contributed by atoms with E-state index in [1.54, 1.807) is 7.05 Å². The Labute approximate surface area is 149 Å². The molecule has 0 fully saturated rings. The van der Waals surface area contributed by atoms with Gasteiger partial charge < -0.3 is 19.5 Å². The van der Waals surface area contributed by atoms with Gasteiger partial charge in [0.15, 0.2) is 5.96 Å². The van der Waals surface area contributed by atoms with Crippen LogP contribution in [0.3, 0.4) is 0 Å². The first-order valence-corrected chi connectivity index (χ1v) is 7.26. The van der Waals surface area contributed by atoms with Crippen molar-refractivity contribution >= 4 is 41.5 Å². The van der Waals surface area contributed by atoms with Crippen LogP contribution in [0.1, 0.15) is 19.0 Å². The van der Waals surface area contributed by atoms with Crippen LogP contribution in [0.5, 0.6) is 0 Å². The predicted octanol–water partition coefficient (Wildman–Crippen LogP) is 2.73. The summed E-state index contributed by atoms with van der Waals surface area (Å²) in [4.78, 5) is 6.36. The fourth-order valence-electron chi connectivity index (χ4n) is 1.94. The number of aryl methyl sites for hydroxylation is 1. The summed E-state index contributed by atoms with van der Waals surface area (Å²) in [7, 11) is 5.80. The molecule has 0 saturated carbocycles. The molecule has 0 unspecified atom stereocenters. The second-order valence-electron chi connectivity index (χ2n) is 4.64. The fourth-order valence-corrected chi connectivity index (χ4v) is 2.22. The molecule has 1 heterocycles. The minimum Gasteiger partial charge on any atom is -0.382 e. The highest BCUT2D eigenvalue weighted by molar-refractivity contribution is 14.0. The second-order valence-corrected chi connectivity index (χ2v) is 5.08. The number of ether oxygens (including phenoxy) is 1. The Hall–Kier alpha value is -0.470. The smallest absolute Gasteiger partial charge is 0.193 e. The zero-order valence-corrected chi connectivity index (χ0v) is 16.3. The van der Waals surface area contributed by atoms with Crippen LogP contribution in [0.2, 0.25) is 5.02 Å². The highest BCUT2D eigenvalue weighted by atomic mass is 127. The van der Waals surface area contributed by atoms with E-state index in [0.717, 1.165) is 49.4 Å². The van der Waals surface area contributed by atoms with E-state index in [1.165, 1.54) is 0 Å². The molecule has 122 valence electrons. The number of aliphatic imine (C=N–C) groups is 1. The van der Waals surface area contributed by atoms with E-state index >= 15 is 0 Å². The fraction of sp³-hybridized carbons (Fsp3) is 0.643. The Kier molecular flexibility index (Phi) is 10.9. The number of rotatable bonds is 7. The van der Waals surface area contributed by atoms with Crippen molar-refractivity contribution in [2.75, 3.05) is 33.9 Å². The van der Waals surface area contributed by atoms with Crippen LogP contribution >= 0.6 is 35.6 Å². The third kappa shape index (κ3) is 7.37. The molecule has 0 aliphatic rings. The number of hydrogen-bond donors (Lipinski definition) is 1. The SMILES string of the molecule is CCOCCCNC(=NC)N(C)Cc1cc(Cl)cn1C.I. The van der Waals surface area contributed by atoms with Crippen molar-refractivity contribution < 1.29 is 4.74 Å². The molecule has 7 heteroatoms. The van der Waals surface area contributed by atoms with Crippen molar-refractivity contribution in [3.8, 4) is 0 Å². The molecule has 0 aliphatic heterocycles. The normalized spacial score (nSPS) is 11.2. The van der Waals surface area contributed by atoms with Gasteiger partial charge in [-0.3, -0.25) is 4.99 Å². The number of hydrogen-bond acceptors (Lipinski definition) is 2. The Morgan fingerprint density at radius 2 is 2.24 bits per heavy atom. The quantitative estimate of drug-likeness (QED) is 0.314. The highest BCUT2D eigenvalue weighted by Gasteiger charge is 2.09. The van der Waals surface area contributed by atoms with Gasteiger partial charge in [-0.15, -0.1) is 24.0 Å². The standard InChI is InChI=1S/C14H25ClN4O.HI/c1-5-20-8-6-7-17-14(16-2)19(4)11-13-9-12(15)10-18(13)3;/h9-10H,5-8,11H2,1-4H3,(H,16,17);1H. The van der Waals surface area contributed by atoms with Crippen molar-refractivity contribution in [3.63, 3.8) is 0 Å². The maximum atomic E-state index is 6.00. The summed E-state index contributed by atoms with van der Waals surface area (Å²) in [6, 6.07) is 1.97. The second kappa shape index (κ2) is 11.1. The van der Waals surface area contributed by atoms with E-state index in [1.807, 2.05) is 37.8 Å². The van der Waals surface area contributed by atoms with Crippen molar-refractivity contribution in [2.24, 2.45) is 12.0 Å². The summed E-state index contributed by atoms with van der Waals surface area (Å²) >= 11 is 6.00. The molecule has 0 atom stereocenters. The van der Waals surface area contributed by atoms with Crippen LogP contribution in [-0.2, 0) is 18.3 Å². The molecule has 1 aromatic heterocycles. The molecule has 21 heavy (non-hydrogen) atoms. The van der Waals surface area contributed by atoms with E-state index in [-0.39, 0.29) is 24.0 Å². The molecule has 0 radical (unpaired) electrons. The molecule has 0 bridgehead atoms. The van der Waals surface area contributed by atoms with Crippen LogP contribution in [-0.4, -0.2) is 49.3 Å². The van der Waals surface area contributed by atoms with Crippen molar-refractivity contribution in [2.45, 2.75) is 19.9 Å². The number of nitrogens with zero attached hydrogens (tertiary/aromatic N) is 3. The van der Waals surface area contributed by atoms with Crippen LogP contribution in [0.4, 0.5) is 0 Å². The summed E-state index contributed by atoms with van der Waals surface area (Å²) in [6.45, 7) is 5.16. The zero-order valence-electron chi connectivity index (χ0n) is 13.2. The first kappa shape index (κ1) is 20.5. The number of aromatic nitrogens is 1. The summed E-state index contributed by atoms with van der Waals surface area (Å²) in [5, 5.41) is 4.09. The molecular weight excluding hydrogens is 403 g/mol. The third-order valence-corrected chi connectivity index (χ3v) is 3.21. The van der Waals surface area contributed by atoms with E-state index < -0.39 is 0 Å². The first-order chi connectivity index (χ1) is 9.58. The van der Waals surface area contributed by atoms with Gasteiger partial charge >= 0.3 is 0 Å². The predicted molar refractivity (Wildman–Crippen MR) is 99.8 cm³/mol. The van der Waals surface area contributed by atoms with Gasteiger partial charge in [-0.2, -0.15) is 0 Å². The lowest BCUT2D eigenvalue weighted by atomic mass is 10.4. The van der Waals surface area contributed by atoms with E-state index in [9.17, 15) is 0 Å². The molecule has 1 N–H and O–H groups in total. The first-order valence-electron chi connectivity index (χ1n) is 6.88. The lowest BCUT2D eigenvalue weighted by Crippen LogP contribution is -2.39. The lowest BCUT2D eigenvalue weighted by Gasteiger charge is -2.22. The van der Waals surface area contributed by atoms with Gasteiger partial charge in [-0.1, -0.05) is 11.6 Å². The number of guanidine groups is 1. The molecule has 1 aromatic rings. The average Bonchev–Trinajstić information content (AvgIpc) is 2.72. The maximum absolute atomic E-state index is 6.00. The summed E-state index contributed by atoms with van der Waals surface area (Å²) < 4.78 is 7.34. The molecule has 0 aromatic carbocycles. The number of nitrogens with one attached hydrogen (secondary N) is 1. The van der Waals surface area contributed by atoms with E-state index in [0.29, 0.717) is 0 Å². The molecule has 0 spiro atoms. The molecular formula is C14H26ClIN4O. The average molecular weight is 429 g/mol. The van der Waals surface area contributed by atoms with Gasteiger partial charge in [0.1, 0.15) is 0 Å². The van der Waals surface area contributed by atoms with Gasteiger partial charge in [0.05, 0.1) is 11.6 Å². The maximum Gasteiger partial charge on any atom is 0.193 e. The monoisotopic (exact) mass is 428 g/mol. The Balaban J connectivity index is 0.00000400. The van der Waals surface area contributed by atoms with Crippen LogP contribution < -0.4 is 5.32 Å². The lowest BCUT2D eigenvalue weighted by molar-refractivity contribution is 0.145. The summed E-state index contributed by atoms with van der Waals surface area (Å²) in [6.07, 6.45) is 2.87. The molecule has 0 amide bonds. The molecule has 0 saturated heterocycles. The number of halogens is 2. The van der Waals surface area contributed by atoms with Crippen LogP contribution in [0, 0.1) is 0 Å². The minimum absolute atomic E-state index is 0. The molecule has 0 aliphatic carbocycles. The van der Waals surface area contributed by atoms with Gasteiger partial charge in [0, 0.05) is 52.8 Å². The van der Waals surface area contributed by atoms with E-state index in [2.05, 4.69) is 15.2 Å². The minimum atomic E-state index is 0. The van der Waals surface area contributed by atoms with Gasteiger partial charge in [-0.25, -0.2) is 0 Å². The molecule has 5 nitrogen and oxygen atoms in total. The van der Waals surface area contributed by atoms with Crippen LogP contribution in [0.25, 0.3) is 0 Å². The van der Waals surface area contributed by atoms with Crippen molar-refractivity contribution in [1.82, 2.24) is 14.8 Å². The Morgan fingerprint density at radius 1 is 1.52 bits per heavy atom. The Bertz CT molecular complexity index is 437. The topological polar surface area (TPSA) is 41.8 Å². The zero-order chi connectivity index (χ0) is 15.0. The van der Waals surface area contributed by atoms with Crippen LogP contribution in [0.15, 0.2) is 17.3 Å². The summed E-state index contributed by atoms with van der Waals surface area (Å²) in [5.41, 5.74) is 1.15. The van der Waals surface area contributed by atoms with E-state index in [4.69, 9.17) is 16.3 Å². The Morgan fingerprint density at radius 3 is 2.76 bits per heavy atom. The van der Waals surface area contributed by atoms with Gasteiger partial charge in [0.2, 0.25) is 0 Å². The third-order valence-electron chi connectivity index (χ3n) is 3.00. The highest BCUT2D eigenvalue weighted by Crippen LogP contribution is 2.14. The van der Waals surface area contributed by atoms with Gasteiger partial charge in [0.25, 0.3) is 0 Å². The van der Waals surface area contributed by atoms with Crippen molar-refractivity contribution in [3.05, 3.63) is 23.0 Å². The van der Waals surface area contributed by atoms with Gasteiger partial charge in [-0.05, 0) is 19.4 Å². The summed E-state index contributed by atoms with van der Waals surface area (Å²) in [5.74, 6) is 0.874. The largest absolute Gasteiger partial charge is 0.382 e. The molecule has 1 rings (SSSR count). The van der Waals surface area contributed by atoms with Crippen molar-refractivity contribution in [1.29, 1.82) is 0 Å².